The molecule has 0 radical (unpaired) electrons. The second-order valence-corrected chi connectivity index (χ2v) is 6.10. The van der Waals surface area contributed by atoms with E-state index in [1.165, 1.54) is 0 Å². The van der Waals surface area contributed by atoms with Crippen molar-refractivity contribution < 1.29 is 9.90 Å². The Morgan fingerprint density at radius 1 is 1.52 bits per heavy atom. The van der Waals surface area contributed by atoms with Crippen LogP contribution in [0.15, 0.2) is 6.07 Å². The van der Waals surface area contributed by atoms with E-state index in [0.29, 0.717) is 5.92 Å². The van der Waals surface area contributed by atoms with Crippen LogP contribution < -0.4 is 10.2 Å². The second kappa shape index (κ2) is 6.85. The topological polar surface area (TPSA) is 78.4 Å². The number of nitrogens with one attached hydrogen (secondary N) is 1. The van der Waals surface area contributed by atoms with Gasteiger partial charge in [-0.2, -0.15) is 0 Å². The first kappa shape index (κ1) is 15.7. The number of aromatic nitrogens is 2. The Hall–Kier alpha value is -1.69. The molecule has 0 bridgehead atoms. The molecule has 1 aliphatic heterocycles. The average Bonchev–Trinajstić information content (AvgIpc) is 2.83. The van der Waals surface area contributed by atoms with Gasteiger partial charge in [0.1, 0.15) is 0 Å². The Morgan fingerprint density at radius 2 is 2.29 bits per heavy atom. The monoisotopic (exact) mass is 292 g/mol. The van der Waals surface area contributed by atoms with Crippen LogP contribution in [0.5, 0.6) is 0 Å². The molecular weight excluding hydrogens is 268 g/mol. The lowest BCUT2D eigenvalue weighted by atomic mass is 10.1. The predicted octanol–water partition coefficient (Wildman–Crippen LogP) is 1.24. The molecular formula is C15H24N4O2. The third kappa shape index (κ3) is 4.67. The van der Waals surface area contributed by atoms with Crippen LogP contribution in [0, 0.1) is 12.8 Å². The lowest BCUT2D eigenvalue weighted by Crippen LogP contribution is -2.36. The van der Waals surface area contributed by atoms with E-state index in [0.717, 1.165) is 43.3 Å². The average molecular weight is 292 g/mol. The molecule has 1 saturated heterocycles. The number of nitrogens with zero attached hydrogens (tertiary/aromatic N) is 3. The third-order valence-corrected chi connectivity index (χ3v) is 3.53. The first-order chi connectivity index (χ1) is 9.94. The second-order valence-electron chi connectivity index (χ2n) is 6.10. The zero-order valence-corrected chi connectivity index (χ0v) is 13.0. The number of anilines is 1. The SMILES string of the molecule is Cc1cc(CC(C)C)nc(N2CCC(NCC(=O)O)C2)n1. The van der Waals surface area contributed by atoms with Gasteiger partial charge in [0.2, 0.25) is 5.95 Å². The number of carboxylic acid groups (broad SMARTS) is 1. The van der Waals surface area contributed by atoms with Gasteiger partial charge in [0.15, 0.2) is 0 Å². The number of rotatable bonds is 6. The molecule has 2 N–H and O–H groups in total. The Bertz CT molecular complexity index is 504. The first-order valence-corrected chi connectivity index (χ1v) is 7.48. The molecule has 6 heteroatoms. The molecule has 6 nitrogen and oxygen atoms in total. The molecule has 1 unspecified atom stereocenters. The van der Waals surface area contributed by atoms with Gasteiger partial charge in [-0.1, -0.05) is 13.8 Å². The van der Waals surface area contributed by atoms with E-state index >= 15 is 0 Å². The summed E-state index contributed by atoms with van der Waals surface area (Å²) < 4.78 is 0. The Kier molecular flexibility index (Phi) is 5.12. The molecule has 2 rings (SSSR count). The molecule has 0 amide bonds. The predicted molar refractivity (Wildman–Crippen MR) is 81.6 cm³/mol. The van der Waals surface area contributed by atoms with E-state index in [1.54, 1.807) is 0 Å². The van der Waals surface area contributed by atoms with Crippen molar-refractivity contribution in [2.75, 3.05) is 24.5 Å². The summed E-state index contributed by atoms with van der Waals surface area (Å²) in [5.74, 6) is 0.514. The minimum absolute atomic E-state index is 0.00573. The Labute approximate surface area is 125 Å². The molecule has 1 fully saturated rings. The van der Waals surface area contributed by atoms with Crippen LogP contribution >= 0.6 is 0 Å². The van der Waals surface area contributed by atoms with Crippen LogP contribution in [-0.2, 0) is 11.2 Å². The van der Waals surface area contributed by atoms with Gasteiger partial charge in [-0.05, 0) is 31.7 Å². The summed E-state index contributed by atoms with van der Waals surface area (Å²) in [6, 6.07) is 2.23. The number of hydrogen-bond donors (Lipinski definition) is 2. The fraction of sp³-hybridized carbons (Fsp3) is 0.667. The summed E-state index contributed by atoms with van der Waals surface area (Å²) in [4.78, 5) is 21.9. The number of aryl methyl sites for hydroxylation is 1. The lowest BCUT2D eigenvalue weighted by Gasteiger charge is -2.18. The fourth-order valence-corrected chi connectivity index (χ4v) is 2.62. The molecule has 2 heterocycles. The maximum absolute atomic E-state index is 10.6. The highest BCUT2D eigenvalue weighted by Crippen LogP contribution is 2.18. The van der Waals surface area contributed by atoms with Crippen LogP contribution in [0.4, 0.5) is 5.95 Å². The molecule has 1 aliphatic rings. The summed E-state index contributed by atoms with van der Waals surface area (Å²) in [6.07, 6.45) is 1.87. The van der Waals surface area contributed by atoms with Gasteiger partial charge in [-0.3, -0.25) is 4.79 Å². The van der Waals surface area contributed by atoms with Gasteiger partial charge in [0.25, 0.3) is 0 Å². The van der Waals surface area contributed by atoms with Crippen LogP contribution in [0.1, 0.15) is 31.7 Å². The summed E-state index contributed by atoms with van der Waals surface area (Å²) in [5.41, 5.74) is 2.06. The van der Waals surface area contributed by atoms with E-state index in [2.05, 4.69) is 34.0 Å². The smallest absolute Gasteiger partial charge is 0.317 e. The zero-order valence-electron chi connectivity index (χ0n) is 13.0. The molecule has 0 aliphatic carbocycles. The standard InChI is InChI=1S/C15H24N4O2/c1-10(2)6-13-7-11(3)17-15(18-13)19-5-4-12(9-19)16-8-14(20)21/h7,10,12,16H,4-6,8-9H2,1-3H3,(H,20,21). The van der Waals surface area contributed by atoms with Gasteiger partial charge < -0.3 is 15.3 Å². The minimum Gasteiger partial charge on any atom is -0.480 e. The molecule has 1 aromatic rings. The van der Waals surface area contributed by atoms with Crippen molar-refractivity contribution in [3.63, 3.8) is 0 Å². The van der Waals surface area contributed by atoms with E-state index in [-0.39, 0.29) is 12.6 Å². The summed E-state index contributed by atoms with van der Waals surface area (Å²) in [7, 11) is 0. The van der Waals surface area contributed by atoms with Crippen LogP contribution in [0.3, 0.4) is 0 Å². The van der Waals surface area contributed by atoms with Gasteiger partial charge >= 0.3 is 5.97 Å². The van der Waals surface area contributed by atoms with Crippen molar-refractivity contribution in [2.24, 2.45) is 5.92 Å². The summed E-state index contributed by atoms with van der Waals surface area (Å²) >= 11 is 0. The molecule has 0 saturated carbocycles. The van der Waals surface area contributed by atoms with E-state index < -0.39 is 5.97 Å². The highest BCUT2D eigenvalue weighted by molar-refractivity contribution is 5.69. The van der Waals surface area contributed by atoms with Crippen molar-refractivity contribution in [3.05, 3.63) is 17.5 Å². The Balaban J connectivity index is 2.02. The van der Waals surface area contributed by atoms with E-state index in [4.69, 9.17) is 5.11 Å². The summed E-state index contributed by atoms with van der Waals surface area (Å²) in [5, 5.41) is 11.8. The van der Waals surface area contributed by atoms with Gasteiger partial charge in [-0.25, -0.2) is 9.97 Å². The maximum Gasteiger partial charge on any atom is 0.317 e. The van der Waals surface area contributed by atoms with E-state index in [9.17, 15) is 4.79 Å². The normalized spacial score (nSPS) is 18.5. The molecule has 0 aromatic carbocycles. The minimum atomic E-state index is -0.820. The number of carbonyl (C=O) groups is 1. The van der Waals surface area contributed by atoms with Crippen molar-refractivity contribution >= 4 is 11.9 Å². The molecule has 1 atom stereocenters. The van der Waals surface area contributed by atoms with Gasteiger partial charge in [0.05, 0.1) is 6.54 Å². The van der Waals surface area contributed by atoms with Crippen LogP contribution in [0.2, 0.25) is 0 Å². The summed E-state index contributed by atoms with van der Waals surface area (Å²) in [6.45, 7) is 7.98. The molecule has 21 heavy (non-hydrogen) atoms. The number of carboxylic acids is 1. The molecule has 0 spiro atoms. The Morgan fingerprint density at radius 3 is 2.95 bits per heavy atom. The maximum atomic E-state index is 10.6. The van der Waals surface area contributed by atoms with Gasteiger partial charge in [0, 0.05) is 30.5 Å². The van der Waals surface area contributed by atoms with Crippen molar-refractivity contribution in [2.45, 2.75) is 39.7 Å². The lowest BCUT2D eigenvalue weighted by molar-refractivity contribution is -0.136. The van der Waals surface area contributed by atoms with Crippen LogP contribution in [0.25, 0.3) is 0 Å². The fourth-order valence-electron chi connectivity index (χ4n) is 2.62. The molecule has 1 aromatic heterocycles. The zero-order chi connectivity index (χ0) is 15.4. The van der Waals surface area contributed by atoms with E-state index in [1.807, 2.05) is 13.0 Å². The number of aliphatic carboxylic acids is 1. The molecule has 116 valence electrons. The highest BCUT2D eigenvalue weighted by Gasteiger charge is 2.24. The quantitative estimate of drug-likeness (QED) is 0.821. The largest absolute Gasteiger partial charge is 0.480 e. The first-order valence-electron chi connectivity index (χ1n) is 7.48. The highest BCUT2D eigenvalue weighted by atomic mass is 16.4. The van der Waals surface area contributed by atoms with Crippen LogP contribution in [-0.4, -0.2) is 46.7 Å². The van der Waals surface area contributed by atoms with Crippen molar-refractivity contribution in [3.8, 4) is 0 Å². The third-order valence-electron chi connectivity index (χ3n) is 3.53. The van der Waals surface area contributed by atoms with Gasteiger partial charge in [-0.15, -0.1) is 0 Å². The van der Waals surface area contributed by atoms with Crippen molar-refractivity contribution in [1.29, 1.82) is 0 Å². The number of hydrogen-bond acceptors (Lipinski definition) is 5. The van der Waals surface area contributed by atoms with Crippen molar-refractivity contribution in [1.82, 2.24) is 15.3 Å².